The van der Waals surface area contributed by atoms with Crippen molar-refractivity contribution < 1.29 is 13.2 Å². The first-order chi connectivity index (χ1) is 10.6. The van der Waals surface area contributed by atoms with Gasteiger partial charge in [-0.3, -0.25) is 4.79 Å². The molecule has 0 aromatic heterocycles. The van der Waals surface area contributed by atoms with Crippen LogP contribution >= 0.6 is 11.6 Å². The number of amides is 1. The predicted molar refractivity (Wildman–Crippen MR) is 91.2 cm³/mol. The molecule has 1 aliphatic rings. The van der Waals surface area contributed by atoms with Crippen LogP contribution in [0.3, 0.4) is 0 Å². The molecule has 1 saturated carbocycles. The molecule has 7 heteroatoms. The third-order valence-corrected chi connectivity index (χ3v) is 5.59. The van der Waals surface area contributed by atoms with E-state index >= 15 is 0 Å². The summed E-state index contributed by atoms with van der Waals surface area (Å²) in [5.41, 5.74) is 0.235. The Balaban J connectivity index is 2.39. The smallest absolute Gasteiger partial charge is 0.255 e. The third-order valence-electron chi connectivity index (χ3n) is 3.60. The van der Waals surface area contributed by atoms with E-state index in [4.69, 9.17) is 11.6 Å². The van der Waals surface area contributed by atoms with Crippen molar-refractivity contribution in [3.63, 3.8) is 0 Å². The van der Waals surface area contributed by atoms with Crippen LogP contribution < -0.4 is 4.72 Å². The Morgan fingerprint density at radius 2 is 1.87 bits per heavy atom. The van der Waals surface area contributed by atoms with Gasteiger partial charge in [0.1, 0.15) is 0 Å². The molecule has 0 spiro atoms. The molecule has 1 aromatic carbocycles. The summed E-state index contributed by atoms with van der Waals surface area (Å²) in [5.74, 6) is -0.214. The Morgan fingerprint density at radius 3 is 2.35 bits per heavy atom. The molecular formula is C16H23ClN2O3S. The maximum absolute atomic E-state index is 12.8. The van der Waals surface area contributed by atoms with E-state index in [1.165, 1.54) is 18.2 Å². The molecule has 0 aliphatic heterocycles. The van der Waals surface area contributed by atoms with E-state index in [1.807, 2.05) is 13.8 Å². The normalized spacial score (nSPS) is 15.3. The van der Waals surface area contributed by atoms with Crippen LogP contribution in [0.4, 0.5) is 0 Å². The van der Waals surface area contributed by atoms with E-state index in [9.17, 15) is 13.2 Å². The number of hydrogen-bond acceptors (Lipinski definition) is 3. The molecule has 1 amide bonds. The van der Waals surface area contributed by atoms with Crippen molar-refractivity contribution in [3.8, 4) is 0 Å². The van der Waals surface area contributed by atoms with E-state index < -0.39 is 10.0 Å². The van der Waals surface area contributed by atoms with E-state index in [0.717, 1.165) is 12.8 Å². The molecule has 0 bridgehead atoms. The summed E-state index contributed by atoms with van der Waals surface area (Å²) in [4.78, 5) is 14.7. The fraction of sp³-hybridized carbons (Fsp3) is 0.562. The first-order valence-corrected chi connectivity index (χ1v) is 9.64. The summed E-state index contributed by atoms with van der Waals surface area (Å²) in [6.45, 7) is 7.39. The van der Waals surface area contributed by atoms with E-state index in [2.05, 4.69) is 4.72 Å². The number of carbonyl (C=O) groups is 1. The lowest BCUT2D eigenvalue weighted by atomic mass is 10.1. The number of sulfonamides is 1. The summed E-state index contributed by atoms with van der Waals surface area (Å²) in [5, 5.41) is 0.268. The van der Waals surface area contributed by atoms with Crippen LogP contribution in [0.15, 0.2) is 23.1 Å². The Bertz CT molecular complexity index is 695. The number of halogens is 1. The van der Waals surface area contributed by atoms with E-state index in [1.54, 1.807) is 18.7 Å². The monoisotopic (exact) mass is 358 g/mol. The van der Waals surface area contributed by atoms with Gasteiger partial charge >= 0.3 is 0 Å². The first-order valence-electron chi connectivity index (χ1n) is 7.78. The molecule has 0 unspecified atom stereocenters. The molecule has 1 N–H and O–H groups in total. The molecule has 5 nitrogen and oxygen atoms in total. The van der Waals surface area contributed by atoms with Gasteiger partial charge in [0.15, 0.2) is 0 Å². The molecule has 0 saturated heterocycles. The average Bonchev–Trinajstić information content (AvgIpc) is 3.21. The highest BCUT2D eigenvalue weighted by atomic mass is 35.5. The van der Waals surface area contributed by atoms with Crippen molar-refractivity contribution in [2.24, 2.45) is 0 Å². The lowest BCUT2D eigenvalue weighted by molar-refractivity contribution is 0.0690. The van der Waals surface area contributed by atoms with Crippen LogP contribution in [0, 0.1) is 0 Å². The predicted octanol–water partition coefficient (Wildman–Crippen LogP) is 3.04. The summed E-state index contributed by atoms with van der Waals surface area (Å²) in [6, 6.07) is 4.30. The fourth-order valence-electron chi connectivity index (χ4n) is 2.53. The van der Waals surface area contributed by atoms with Crippen molar-refractivity contribution in [1.82, 2.24) is 9.62 Å². The number of carbonyl (C=O) groups excluding carboxylic acids is 1. The SMILES string of the molecule is CC(C)NS(=O)(=O)c1ccc(Cl)c(C(=O)N(C(C)C)C2CC2)c1. The highest BCUT2D eigenvalue weighted by Gasteiger charge is 2.35. The molecule has 1 fully saturated rings. The van der Waals surface area contributed by atoms with Crippen LogP contribution in [0.2, 0.25) is 5.02 Å². The summed E-state index contributed by atoms with van der Waals surface area (Å²) in [7, 11) is -3.66. The quantitative estimate of drug-likeness (QED) is 0.849. The molecule has 0 heterocycles. The largest absolute Gasteiger partial charge is 0.333 e. The number of benzene rings is 1. The van der Waals surface area contributed by atoms with Crippen molar-refractivity contribution in [2.45, 2.75) is 63.6 Å². The van der Waals surface area contributed by atoms with Crippen molar-refractivity contribution in [1.29, 1.82) is 0 Å². The van der Waals surface area contributed by atoms with Gasteiger partial charge in [-0.15, -0.1) is 0 Å². The second-order valence-electron chi connectivity index (χ2n) is 6.45. The Morgan fingerprint density at radius 1 is 1.26 bits per heavy atom. The van der Waals surface area contributed by atoms with Gasteiger partial charge in [-0.05, 0) is 58.7 Å². The van der Waals surface area contributed by atoms with Gasteiger partial charge in [0, 0.05) is 18.1 Å². The molecular weight excluding hydrogens is 336 g/mol. The number of rotatable bonds is 6. The zero-order valence-electron chi connectivity index (χ0n) is 13.8. The average molecular weight is 359 g/mol. The van der Waals surface area contributed by atoms with Crippen LogP contribution in [0.5, 0.6) is 0 Å². The highest BCUT2D eigenvalue weighted by molar-refractivity contribution is 7.89. The maximum atomic E-state index is 12.8. The minimum atomic E-state index is -3.66. The lowest BCUT2D eigenvalue weighted by Crippen LogP contribution is -2.39. The van der Waals surface area contributed by atoms with Crippen LogP contribution in [-0.4, -0.2) is 37.4 Å². The summed E-state index contributed by atoms with van der Waals surface area (Å²) in [6.07, 6.45) is 1.96. The van der Waals surface area contributed by atoms with Gasteiger partial charge < -0.3 is 4.90 Å². The van der Waals surface area contributed by atoms with E-state index in [0.29, 0.717) is 0 Å². The van der Waals surface area contributed by atoms with Crippen LogP contribution in [0.1, 0.15) is 50.9 Å². The molecule has 0 atom stereocenters. The van der Waals surface area contributed by atoms with Crippen molar-refractivity contribution >= 4 is 27.5 Å². The Hall–Kier alpha value is -1.11. The maximum Gasteiger partial charge on any atom is 0.255 e. The van der Waals surface area contributed by atoms with Crippen LogP contribution in [-0.2, 0) is 10.0 Å². The second kappa shape index (κ2) is 6.79. The molecule has 1 aliphatic carbocycles. The lowest BCUT2D eigenvalue weighted by Gasteiger charge is -2.27. The number of nitrogens with one attached hydrogen (secondary N) is 1. The second-order valence-corrected chi connectivity index (χ2v) is 8.58. The minimum absolute atomic E-state index is 0.0418. The standard InChI is InChI=1S/C16H23ClN2O3S/c1-10(2)18-23(21,22)13-7-8-15(17)14(9-13)16(20)19(11(3)4)12-5-6-12/h7-12,18H,5-6H2,1-4H3. The van der Waals surface area contributed by atoms with Crippen LogP contribution in [0.25, 0.3) is 0 Å². The fourth-order valence-corrected chi connectivity index (χ4v) is 4.00. The topological polar surface area (TPSA) is 66.5 Å². The van der Waals surface area contributed by atoms with Gasteiger partial charge in [-0.25, -0.2) is 13.1 Å². The van der Waals surface area contributed by atoms with Crippen molar-refractivity contribution in [2.75, 3.05) is 0 Å². The molecule has 128 valence electrons. The zero-order chi connectivity index (χ0) is 17.4. The summed E-state index contributed by atoms with van der Waals surface area (Å²) < 4.78 is 27.1. The van der Waals surface area contributed by atoms with Gasteiger partial charge in [0.2, 0.25) is 10.0 Å². The number of hydrogen-bond donors (Lipinski definition) is 1. The van der Waals surface area contributed by atoms with Gasteiger partial charge in [0.05, 0.1) is 15.5 Å². The molecule has 2 rings (SSSR count). The number of nitrogens with zero attached hydrogens (tertiary/aromatic N) is 1. The van der Waals surface area contributed by atoms with Gasteiger partial charge in [-0.2, -0.15) is 0 Å². The van der Waals surface area contributed by atoms with Gasteiger partial charge in [0.25, 0.3) is 5.91 Å². The minimum Gasteiger partial charge on any atom is -0.333 e. The Kier molecular flexibility index (Phi) is 5.38. The summed E-state index contributed by atoms with van der Waals surface area (Å²) >= 11 is 6.16. The Labute approximate surface area is 143 Å². The van der Waals surface area contributed by atoms with E-state index in [-0.39, 0.29) is 39.5 Å². The molecule has 23 heavy (non-hydrogen) atoms. The zero-order valence-corrected chi connectivity index (χ0v) is 15.4. The first kappa shape index (κ1) is 18.2. The third kappa shape index (κ3) is 4.25. The van der Waals surface area contributed by atoms with Crippen molar-refractivity contribution in [3.05, 3.63) is 28.8 Å². The molecule has 1 aromatic rings. The molecule has 0 radical (unpaired) electrons. The van der Waals surface area contributed by atoms with Gasteiger partial charge in [-0.1, -0.05) is 11.6 Å². The highest BCUT2D eigenvalue weighted by Crippen LogP contribution is 2.32.